The molecule has 2 aliphatic heterocycles. The number of carbonyl (C=O) groups is 1. The maximum atomic E-state index is 13.4. The summed E-state index contributed by atoms with van der Waals surface area (Å²) in [5, 5.41) is 9.49. The molecule has 0 fully saturated rings. The van der Waals surface area contributed by atoms with Crippen molar-refractivity contribution in [3.63, 3.8) is 0 Å². The maximum absolute atomic E-state index is 13.4. The number of aromatic hydroxyl groups is 1. The summed E-state index contributed by atoms with van der Waals surface area (Å²) < 4.78 is 13.3. The molecule has 1 N–H and O–H groups in total. The molecule has 0 saturated carbocycles. The minimum absolute atomic E-state index is 0.153. The number of fused-ring (bicyclic) bond motifs is 6. The number of aromatic nitrogens is 1. The molecular formula is C22H18N2O5S. The number of ether oxygens (including phenoxy) is 2. The lowest BCUT2D eigenvalue weighted by atomic mass is 9.81. The van der Waals surface area contributed by atoms with Crippen LogP contribution in [-0.4, -0.2) is 28.5 Å². The Bertz CT molecular complexity index is 1340. The third-order valence-electron chi connectivity index (χ3n) is 5.53. The van der Waals surface area contributed by atoms with Crippen LogP contribution in [0, 0.1) is 5.92 Å². The Morgan fingerprint density at radius 1 is 1.27 bits per heavy atom. The Labute approximate surface area is 175 Å². The molecule has 0 aliphatic carbocycles. The van der Waals surface area contributed by atoms with E-state index >= 15 is 0 Å². The number of esters is 1. The smallest absolute Gasteiger partial charge is 0.317 e. The van der Waals surface area contributed by atoms with Gasteiger partial charge in [0.05, 0.1) is 17.7 Å². The lowest BCUT2D eigenvalue weighted by Gasteiger charge is -2.44. The van der Waals surface area contributed by atoms with Gasteiger partial charge in [0.2, 0.25) is 5.72 Å². The molecule has 3 atom stereocenters. The van der Waals surface area contributed by atoms with Crippen LogP contribution in [0.25, 0.3) is 6.08 Å². The van der Waals surface area contributed by atoms with Gasteiger partial charge in [0.1, 0.15) is 17.4 Å². The second-order valence-corrected chi connectivity index (χ2v) is 8.42. The molecule has 3 heterocycles. The summed E-state index contributed by atoms with van der Waals surface area (Å²) in [6.07, 6.45) is 1.75. The number of rotatable bonds is 2. The van der Waals surface area contributed by atoms with Crippen molar-refractivity contribution in [2.75, 3.05) is 7.11 Å². The lowest BCUT2D eigenvalue weighted by molar-refractivity contribution is -0.158. The average Bonchev–Trinajstić information content (AvgIpc) is 3.02. The first-order valence-electron chi connectivity index (χ1n) is 9.39. The van der Waals surface area contributed by atoms with Crippen LogP contribution in [-0.2, 0) is 9.53 Å². The first-order valence-corrected chi connectivity index (χ1v) is 10.2. The van der Waals surface area contributed by atoms with Crippen LogP contribution in [0.4, 0.5) is 0 Å². The molecule has 3 aromatic rings. The summed E-state index contributed by atoms with van der Waals surface area (Å²) >= 11 is 1.25. The van der Waals surface area contributed by atoms with Crippen molar-refractivity contribution in [2.45, 2.75) is 18.7 Å². The highest BCUT2D eigenvalue weighted by Crippen LogP contribution is 2.47. The van der Waals surface area contributed by atoms with Gasteiger partial charge in [0, 0.05) is 5.56 Å². The summed E-state index contributed by atoms with van der Waals surface area (Å²) in [5.74, 6) is -0.519. The summed E-state index contributed by atoms with van der Waals surface area (Å²) in [6.45, 7) is 1.74. The first kappa shape index (κ1) is 18.6. The number of hydrogen-bond donors (Lipinski definition) is 1. The van der Waals surface area contributed by atoms with Gasteiger partial charge in [-0.3, -0.25) is 14.2 Å². The molecule has 2 bridgehead atoms. The van der Waals surface area contributed by atoms with Crippen LogP contribution in [0.2, 0.25) is 0 Å². The van der Waals surface area contributed by atoms with E-state index in [4.69, 9.17) is 9.47 Å². The zero-order chi connectivity index (χ0) is 21.0. The van der Waals surface area contributed by atoms with Gasteiger partial charge in [0.15, 0.2) is 4.80 Å². The summed E-state index contributed by atoms with van der Waals surface area (Å²) in [6, 6.07) is 13.4. The third kappa shape index (κ3) is 2.68. The predicted octanol–water partition coefficient (Wildman–Crippen LogP) is 1.56. The number of carbonyl (C=O) groups excluding carboxylic acids is 1. The van der Waals surface area contributed by atoms with Crippen LogP contribution in [0.15, 0.2) is 58.3 Å². The highest BCUT2D eigenvalue weighted by atomic mass is 32.1. The monoisotopic (exact) mass is 422 g/mol. The van der Waals surface area contributed by atoms with E-state index in [0.717, 1.165) is 11.1 Å². The van der Waals surface area contributed by atoms with Crippen LogP contribution < -0.4 is 19.6 Å². The van der Waals surface area contributed by atoms with Gasteiger partial charge in [0.25, 0.3) is 5.56 Å². The van der Waals surface area contributed by atoms with Gasteiger partial charge in [-0.15, -0.1) is 0 Å². The molecule has 0 amide bonds. The molecule has 152 valence electrons. The number of methoxy groups -OCH3 is 1. The second-order valence-electron chi connectivity index (χ2n) is 7.41. The van der Waals surface area contributed by atoms with Crippen LogP contribution >= 0.6 is 11.3 Å². The number of phenols is 1. The second kappa shape index (κ2) is 6.56. The molecule has 8 heteroatoms. The minimum atomic E-state index is -1.18. The zero-order valence-electron chi connectivity index (χ0n) is 16.2. The van der Waals surface area contributed by atoms with E-state index in [2.05, 4.69) is 4.99 Å². The first-order chi connectivity index (χ1) is 14.4. The Balaban J connectivity index is 1.79. The Morgan fingerprint density at radius 2 is 2.00 bits per heavy atom. The quantitative estimate of drug-likeness (QED) is 0.633. The van der Waals surface area contributed by atoms with Crippen LogP contribution in [0.5, 0.6) is 11.5 Å². The van der Waals surface area contributed by atoms with E-state index in [1.807, 2.05) is 24.3 Å². The fourth-order valence-corrected chi connectivity index (χ4v) is 5.25. The normalized spacial score (nSPS) is 24.3. The van der Waals surface area contributed by atoms with Crippen molar-refractivity contribution >= 4 is 23.4 Å². The fraction of sp³-hybridized carbons (Fsp3) is 0.227. The third-order valence-corrected chi connectivity index (χ3v) is 6.51. The SMILES string of the molecule is COC(=O)[C@H]1[C@H]2c3ccccc3O[C@]1(C)N=c1s/c(=C\c3ccc(O)cc3)c(=O)n12. The van der Waals surface area contributed by atoms with Crippen molar-refractivity contribution < 1.29 is 19.4 Å². The number of phenolic OH excluding ortho intramolecular Hbond substituents is 1. The van der Waals surface area contributed by atoms with Gasteiger partial charge in [-0.1, -0.05) is 41.7 Å². The highest BCUT2D eigenvalue weighted by Gasteiger charge is 2.55. The summed E-state index contributed by atoms with van der Waals surface area (Å²) in [5.41, 5.74) is 0.112. The predicted molar refractivity (Wildman–Crippen MR) is 110 cm³/mol. The van der Waals surface area contributed by atoms with Crippen molar-refractivity contribution in [1.29, 1.82) is 0 Å². The van der Waals surface area contributed by atoms with E-state index in [9.17, 15) is 14.7 Å². The van der Waals surface area contributed by atoms with Gasteiger partial charge >= 0.3 is 5.97 Å². The molecule has 5 rings (SSSR count). The maximum Gasteiger partial charge on any atom is 0.317 e. The Morgan fingerprint density at radius 3 is 2.73 bits per heavy atom. The number of para-hydroxylation sites is 1. The minimum Gasteiger partial charge on any atom is -0.508 e. The molecule has 0 radical (unpaired) electrons. The zero-order valence-corrected chi connectivity index (χ0v) is 17.1. The van der Waals surface area contributed by atoms with Crippen LogP contribution in [0.3, 0.4) is 0 Å². The molecule has 0 saturated heterocycles. The molecule has 7 nitrogen and oxygen atoms in total. The van der Waals surface area contributed by atoms with E-state index in [0.29, 0.717) is 15.1 Å². The van der Waals surface area contributed by atoms with E-state index in [1.54, 1.807) is 41.8 Å². The standard InChI is InChI=1S/C22H18N2O5S/c1-22-17(20(27)28-2)18(14-5-3-4-6-15(14)29-22)24-19(26)16(30-21(24)23-22)11-12-7-9-13(25)10-8-12/h3-11,17-18,25H,1-2H3/b16-11-/t17-,18-,22+/m1/s1. The molecule has 2 aliphatic rings. The van der Waals surface area contributed by atoms with Gasteiger partial charge < -0.3 is 14.6 Å². The van der Waals surface area contributed by atoms with Crippen molar-refractivity contribution in [2.24, 2.45) is 10.9 Å². The van der Waals surface area contributed by atoms with E-state index in [1.165, 1.54) is 18.4 Å². The van der Waals surface area contributed by atoms with Crippen molar-refractivity contribution in [1.82, 2.24) is 4.57 Å². The largest absolute Gasteiger partial charge is 0.508 e. The Kier molecular flexibility index (Phi) is 4.08. The topological polar surface area (TPSA) is 90.1 Å². The van der Waals surface area contributed by atoms with Gasteiger partial charge in [-0.05, 0) is 36.8 Å². The molecule has 30 heavy (non-hydrogen) atoms. The highest BCUT2D eigenvalue weighted by molar-refractivity contribution is 7.07. The fourth-order valence-electron chi connectivity index (χ4n) is 4.15. The van der Waals surface area contributed by atoms with E-state index in [-0.39, 0.29) is 11.3 Å². The summed E-state index contributed by atoms with van der Waals surface area (Å²) in [7, 11) is 1.32. The summed E-state index contributed by atoms with van der Waals surface area (Å²) in [4.78, 5) is 31.3. The molecule has 0 unspecified atom stereocenters. The molecule has 0 spiro atoms. The van der Waals surface area contributed by atoms with Crippen molar-refractivity contribution in [3.8, 4) is 11.5 Å². The Hall–Kier alpha value is -3.39. The molecule has 2 aromatic carbocycles. The number of benzene rings is 2. The number of nitrogens with zero attached hydrogens (tertiary/aromatic N) is 2. The number of hydrogen-bond acceptors (Lipinski definition) is 7. The van der Waals surface area contributed by atoms with E-state index < -0.39 is 23.7 Å². The number of thiazole rings is 1. The van der Waals surface area contributed by atoms with Crippen molar-refractivity contribution in [3.05, 3.63) is 79.3 Å². The van der Waals surface area contributed by atoms with Gasteiger partial charge in [-0.2, -0.15) is 0 Å². The van der Waals surface area contributed by atoms with Crippen LogP contribution in [0.1, 0.15) is 24.1 Å². The molecule has 1 aromatic heterocycles. The lowest BCUT2D eigenvalue weighted by Crippen LogP contribution is -2.58. The van der Waals surface area contributed by atoms with Gasteiger partial charge in [-0.25, -0.2) is 4.99 Å². The molecular weight excluding hydrogens is 404 g/mol. The average molecular weight is 422 g/mol.